The second kappa shape index (κ2) is 8.98. The number of nitrogens with zero attached hydrogens (tertiary/aromatic N) is 2. The molecule has 0 spiro atoms. The molecule has 0 unspecified atom stereocenters. The molecule has 0 aliphatic rings. The van der Waals surface area contributed by atoms with Crippen molar-refractivity contribution < 1.29 is 23.9 Å². The highest BCUT2D eigenvalue weighted by Gasteiger charge is 2.22. The number of ether oxygens (including phenoxy) is 2. The summed E-state index contributed by atoms with van der Waals surface area (Å²) in [5.41, 5.74) is 1.97. The van der Waals surface area contributed by atoms with Crippen LogP contribution in [0.2, 0.25) is 0 Å². The summed E-state index contributed by atoms with van der Waals surface area (Å²) in [5, 5.41) is 9.54. The molecular weight excluding hydrogens is 388 g/mol. The molecule has 2 rings (SSSR count). The van der Waals surface area contributed by atoms with E-state index in [0.717, 1.165) is 5.69 Å². The molecule has 2 amide bonds. The molecular formula is C21H28N4O5. The Morgan fingerprint density at radius 1 is 1.13 bits per heavy atom. The third-order valence-corrected chi connectivity index (χ3v) is 4.15. The molecule has 0 radical (unpaired) electrons. The molecule has 1 heterocycles. The van der Waals surface area contributed by atoms with E-state index in [2.05, 4.69) is 15.7 Å². The summed E-state index contributed by atoms with van der Waals surface area (Å²) in [6.45, 7) is 10.3. The van der Waals surface area contributed by atoms with Gasteiger partial charge < -0.3 is 14.8 Å². The number of rotatable bonds is 5. The first-order valence-electron chi connectivity index (χ1n) is 9.49. The van der Waals surface area contributed by atoms with E-state index in [1.807, 2.05) is 6.92 Å². The second-order valence-electron chi connectivity index (χ2n) is 7.91. The molecule has 0 aliphatic carbocycles. The van der Waals surface area contributed by atoms with Gasteiger partial charge >= 0.3 is 12.1 Å². The van der Waals surface area contributed by atoms with E-state index in [1.165, 1.54) is 19.1 Å². The van der Waals surface area contributed by atoms with E-state index in [0.29, 0.717) is 17.1 Å². The predicted molar refractivity (Wildman–Crippen MR) is 112 cm³/mol. The minimum atomic E-state index is -1.03. The van der Waals surface area contributed by atoms with Crippen LogP contribution in [0.25, 0.3) is 0 Å². The number of amides is 2. The number of hydrogen-bond donors (Lipinski definition) is 2. The van der Waals surface area contributed by atoms with Gasteiger partial charge in [0.2, 0.25) is 0 Å². The molecule has 162 valence electrons. The van der Waals surface area contributed by atoms with Crippen molar-refractivity contribution in [3.63, 3.8) is 0 Å². The van der Waals surface area contributed by atoms with Gasteiger partial charge in [0.15, 0.2) is 6.10 Å². The number of hydrogen-bond acceptors (Lipinski definition) is 6. The largest absolute Gasteiger partial charge is 0.449 e. The van der Waals surface area contributed by atoms with Crippen LogP contribution in [0.1, 0.15) is 49.4 Å². The van der Waals surface area contributed by atoms with Crippen LogP contribution in [-0.4, -0.2) is 39.5 Å². The summed E-state index contributed by atoms with van der Waals surface area (Å²) >= 11 is 0. The van der Waals surface area contributed by atoms with Crippen molar-refractivity contribution in [1.82, 2.24) is 9.78 Å². The molecule has 9 heteroatoms. The number of nitrogens with one attached hydrogen (secondary N) is 2. The number of aryl methyl sites for hydroxylation is 2. The molecule has 0 fully saturated rings. The summed E-state index contributed by atoms with van der Waals surface area (Å²) in [5.74, 6) is -1.16. The quantitative estimate of drug-likeness (QED) is 0.721. The van der Waals surface area contributed by atoms with Gasteiger partial charge in [0.05, 0.1) is 22.6 Å². The van der Waals surface area contributed by atoms with Crippen molar-refractivity contribution in [2.24, 2.45) is 7.05 Å². The fourth-order valence-electron chi connectivity index (χ4n) is 2.61. The van der Waals surface area contributed by atoms with Gasteiger partial charge in [-0.2, -0.15) is 5.10 Å². The van der Waals surface area contributed by atoms with Crippen LogP contribution in [0.3, 0.4) is 0 Å². The van der Waals surface area contributed by atoms with E-state index in [9.17, 15) is 14.4 Å². The average Bonchev–Trinajstić information content (AvgIpc) is 2.86. The Morgan fingerprint density at radius 3 is 2.37 bits per heavy atom. The summed E-state index contributed by atoms with van der Waals surface area (Å²) in [4.78, 5) is 36.8. The lowest BCUT2D eigenvalue weighted by atomic mass is 10.2. The van der Waals surface area contributed by atoms with Gasteiger partial charge in [0.25, 0.3) is 5.91 Å². The fraction of sp³-hybridized carbons (Fsp3) is 0.429. The highest BCUT2D eigenvalue weighted by atomic mass is 16.6. The van der Waals surface area contributed by atoms with Crippen LogP contribution < -0.4 is 10.6 Å². The van der Waals surface area contributed by atoms with Gasteiger partial charge in [-0.1, -0.05) is 6.07 Å². The zero-order valence-corrected chi connectivity index (χ0v) is 18.3. The molecule has 2 aromatic rings. The number of carbonyl (C=O) groups is 3. The topological polar surface area (TPSA) is 112 Å². The van der Waals surface area contributed by atoms with Gasteiger partial charge in [-0.25, -0.2) is 9.59 Å². The molecule has 0 aliphatic heterocycles. The average molecular weight is 416 g/mol. The molecule has 1 aromatic heterocycles. The first-order valence-corrected chi connectivity index (χ1v) is 9.49. The van der Waals surface area contributed by atoms with Crippen LogP contribution >= 0.6 is 0 Å². The normalized spacial score (nSPS) is 12.1. The Labute approximate surface area is 175 Å². The molecule has 30 heavy (non-hydrogen) atoms. The smallest absolute Gasteiger partial charge is 0.412 e. The van der Waals surface area contributed by atoms with E-state index < -0.39 is 29.7 Å². The molecule has 1 aromatic carbocycles. The summed E-state index contributed by atoms with van der Waals surface area (Å²) in [6, 6.07) is 6.19. The maximum atomic E-state index is 12.5. The Balaban J connectivity index is 2.01. The van der Waals surface area contributed by atoms with Crippen LogP contribution in [0.5, 0.6) is 0 Å². The monoisotopic (exact) mass is 416 g/mol. The summed E-state index contributed by atoms with van der Waals surface area (Å²) < 4.78 is 12.1. The van der Waals surface area contributed by atoms with Crippen LogP contribution in [0.4, 0.5) is 16.2 Å². The van der Waals surface area contributed by atoms with Crippen molar-refractivity contribution in [1.29, 1.82) is 0 Å². The van der Waals surface area contributed by atoms with Crippen molar-refractivity contribution in [3.8, 4) is 0 Å². The first-order chi connectivity index (χ1) is 13.9. The van der Waals surface area contributed by atoms with Crippen LogP contribution in [0.15, 0.2) is 24.3 Å². The fourth-order valence-corrected chi connectivity index (χ4v) is 2.61. The molecule has 1 atom stereocenters. The number of benzene rings is 1. The zero-order valence-electron chi connectivity index (χ0n) is 18.3. The molecule has 2 N–H and O–H groups in total. The Bertz CT molecular complexity index is 959. The summed E-state index contributed by atoms with van der Waals surface area (Å²) in [6.07, 6.45) is -1.66. The van der Waals surface area contributed by atoms with Gasteiger partial charge in [-0.05, 0) is 59.7 Å². The zero-order chi connectivity index (χ0) is 22.6. The molecule has 0 bridgehead atoms. The Morgan fingerprint density at radius 2 is 1.80 bits per heavy atom. The SMILES string of the molecule is Cc1nn(C)c(C)c1NC(=O)[C@H](C)OC(=O)c1cccc(NC(=O)OC(C)(C)C)c1. The highest BCUT2D eigenvalue weighted by molar-refractivity contribution is 5.98. The standard InChI is InChI=1S/C21H28N4O5/c1-12-17(13(2)25(7)24-12)23-18(26)14(3)29-19(27)15-9-8-10-16(11-15)22-20(28)30-21(4,5)6/h8-11,14H,1-7H3,(H,22,28)(H,23,26)/t14-/m0/s1. The number of aromatic nitrogens is 2. The van der Waals surface area contributed by atoms with Crippen LogP contribution in [0, 0.1) is 13.8 Å². The van der Waals surface area contributed by atoms with E-state index in [4.69, 9.17) is 9.47 Å². The predicted octanol–water partition coefficient (Wildman–Crippen LogP) is 3.57. The molecule has 9 nitrogen and oxygen atoms in total. The first kappa shape index (κ1) is 22.9. The molecule has 0 saturated heterocycles. The van der Waals surface area contributed by atoms with Gasteiger partial charge in [0.1, 0.15) is 5.60 Å². The molecule has 0 saturated carbocycles. The third kappa shape index (κ3) is 6.07. The van der Waals surface area contributed by atoms with Gasteiger partial charge in [0, 0.05) is 12.7 Å². The van der Waals surface area contributed by atoms with Crippen molar-refractivity contribution in [2.45, 2.75) is 53.2 Å². The highest BCUT2D eigenvalue weighted by Crippen LogP contribution is 2.19. The van der Waals surface area contributed by atoms with Gasteiger partial charge in [-0.15, -0.1) is 0 Å². The van der Waals surface area contributed by atoms with E-state index in [1.54, 1.807) is 51.6 Å². The van der Waals surface area contributed by atoms with E-state index in [-0.39, 0.29) is 5.56 Å². The third-order valence-electron chi connectivity index (χ3n) is 4.15. The van der Waals surface area contributed by atoms with E-state index >= 15 is 0 Å². The van der Waals surface area contributed by atoms with Crippen LogP contribution in [-0.2, 0) is 21.3 Å². The Kier molecular flexibility index (Phi) is 6.86. The minimum absolute atomic E-state index is 0.192. The number of esters is 1. The lowest BCUT2D eigenvalue weighted by Crippen LogP contribution is -2.30. The lowest BCUT2D eigenvalue weighted by molar-refractivity contribution is -0.123. The maximum absolute atomic E-state index is 12.5. The maximum Gasteiger partial charge on any atom is 0.412 e. The van der Waals surface area contributed by atoms with Crippen molar-refractivity contribution in [2.75, 3.05) is 10.6 Å². The number of carbonyl (C=O) groups excluding carboxylic acids is 3. The van der Waals surface area contributed by atoms with Gasteiger partial charge in [-0.3, -0.25) is 14.8 Å². The Hall–Kier alpha value is -3.36. The van der Waals surface area contributed by atoms with Crippen molar-refractivity contribution in [3.05, 3.63) is 41.2 Å². The minimum Gasteiger partial charge on any atom is -0.449 e. The second-order valence-corrected chi connectivity index (χ2v) is 7.91. The lowest BCUT2D eigenvalue weighted by Gasteiger charge is -2.19. The summed E-state index contributed by atoms with van der Waals surface area (Å²) in [7, 11) is 1.78. The van der Waals surface area contributed by atoms with Crippen molar-refractivity contribution >= 4 is 29.3 Å². The number of anilines is 2.